The van der Waals surface area contributed by atoms with Crippen LogP contribution in [0.4, 0.5) is 10.5 Å². The van der Waals surface area contributed by atoms with Crippen molar-refractivity contribution in [1.29, 1.82) is 0 Å². The van der Waals surface area contributed by atoms with Crippen molar-refractivity contribution in [2.45, 2.75) is 6.42 Å². The highest BCUT2D eigenvalue weighted by Gasteiger charge is 2.21. The Kier molecular flexibility index (Phi) is 5.86. The van der Waals surface area contributed by atoms with Gasteiger partial charge in [-0.3, -0.25) is 9.69 Å². The lowest BCUT2D eigenvalue weighted by atomic mass is 10.1. The van der Waals surface area contributed by atoms with Crippen LogP contribution in [0.3, 0.4) is 0 Å². The predicted octanol–water partition coefficient (Wildman–Crippen LogP) is 1.86. The SMILES string of the molecule is NCCN(CCc1ccccc1)C(=O)c1ccc(N2CCNC2=O)cc1. The number of hydrogen-bond acceptors (Lipinski definition) is 3. The zero-order chi connectivity index (χ0) is 18.4. The standard InChI is InChI=1S/C20H24N4O2/c21-11-14-23(13-10-16-4-2-1-3-5-16)19(25)17-6-8-18(9-7-17)24-15-12-22-20(24)26/h1-9H,10-15,21H2,(H,22,26). The Morgan fingerprint density at radius 2 is 1.81 bits per heavy atom. The largest absolute Gasteiger partial charge is 0.337 e. The second kappa shape index (κ2) is 8.49. The molecule has 136 valence electrons. The van der Waals surface area contributed by atoms with Gasteiger partial charge in [0.05, 0.1) is 0 Å². The molecule has 2 aromatic carbocycles. The minimum Gasteiger partial charge on any atom is -0.337 e. The zero-order valence-electron chi connectivity index (χ0n) is 14.7. The van der Waals surface area contributed by atoms with Crippen molar-refractivity contribution in [2.75, 3.05) is 37.6 Å². The van der Waals surface area contributed by atoms with Crippen molar-refractivity contribution in [3.05, 3.63) is 65.7 Å². The van der Waals surface area contributed by atoms with E-state index in [0.29, 0.717) is 38.3 Å². The lowest BCUT2D eigenvalue weighted by molar-refractivity contribution is 0.0762. The molecule has 26 heavy (non-hydrogen) atoms. The molecule has 0 radical (unpaired) electrons. The summed E-state index contributed by atoms with van der Waals surface area (Å²) in [6.45, 7) is 2.84. The number of nitrogens with one attached hydrogen (secondary N) is 1. The Labute approximate surface area is 153 Å². The molecule has 3 amide bonds. The van der Waals surface area contributed by atoms with Crippen molar-refractivity contribution >= 4 is 17.6 Å². The number of nitrogens with zero attached hydrogens (tertiary/aromatic N) is 2. The summed E-state index contributed by atoms with van der Waals surface area (Å²) in [7, 11) is 0. The molecule has 3 rings (SSSR count). The Bertz CT molecular complexity index is 746. The van der Waals surface area contributed by atoms with Gasteiger partial charge < -0.3 is 16.0 Å². The molecule has 1 saturated heterocycles. The van der Waals surface area contributed by atoms with Crippen molar-refractivity contribution in [2.24, 2.45) is 5.73 Å². The molecule has 1 aliphatic heterocycles. The summed E-state index contributed by atoms with van der Waals surface area (Å²) in [5, 5.41) is 2.77. The summed E-state index contributed by atoms with van der Waals surface area (Å²) in [6, 6.07) is 17.2. The average Bonchev–Trinajstić information content (AvgIpc) is 3.11. The van der Waals surface area contributed by atoms with Gasteiger partial charge >= 0.3 is 6.03 Å². The number of anilines is 1. The first kappa shape index (κ1) is 17.9. The molecule has 1 aliphatic rings. The van der Waals surface area contributed by atoms with E-state index in [1.165, 1.54) is 5.56 Å². The van der Waals surface area contributed by atoms with E-state index in [1.807, 2.05) is 30.3 Å². The van der Waals surface area contributed by atoms with Crippen LogP contribution in [-0.2, 0) is 6.42 Å². The fourth-order valence-corrected chi connectivity index (χ4v) is 3.06. The van der Waals surface area contributed by atoms with Gasteiger partial charge in [0.1, 0.15) is 0 Å². The molecule has 0 aliphatic carbocycles. The molecule has 2 aromatic rings. The van der Waals surface area contributed by atoms with Gasteiger partial charge in [0.15, 0.2) is 0 Å². The molecule has 0 unspecified atom stereocenters. The first-order chi connectivity index (χ1) is 12.7. The number of hydrogen-bond donors (Lipinski definition) is 2. The Hall–Kier alpha value is -2.86. The number of rotatable bonds is 7. The van der Waals surface area contributed by atoms with Gasteiger partial charge in [-0.15, -0.1) is 0 Å². The van der Waals surface area contributed by atoms with Gasteiger partial charge in [-0.1, -0.05) is 30.3 Å². The molecule has 1 heterocycles. The highest BCUT2D eigenvalue weighted by Crippen LogP contribution is 2.18. The number of benzene rings is 2. The highest BCUT2D eigenvalue weighted by molar-refractivity contribution is 5.97. The van der Waals surface area contributed by atoms with Crippen molar-refractivity contribution in [1.82, 2.24) is 10.2 Å². The van der Waals surface area contributed by atoms with E-state index >= 15 is 0 Å². The lowest BCUT2D eigenvalue weighted by Crippen LogP contribution is -2.37. The molecule has 6 heteroatoms. The van der Waals surface area contributed by atoms with E-state index in [9.17, 15) is 9.59 Å². The maximum Gasteiger partial charge on any atom is 0.321 e. The quantitative estimate of drug-likeness (QED) is 0.798. The first-order valence-electron chi connectivity index (χ1n) is 8.88. The Morgan fingerprint density at radius 1 is 1.08 bits per heavy atom. The molecule has 0 spiro atoms. The number of amides is 3. The smallest absolute Gasteiger partial charge is 0.321 e. The van der Waals surface area contributed by atoms with Crippen LogP contribution in [0, 0.1) is 0 Å². The molecular formula is C20H24N4O2. The van der Waals surface area contributed by atoms with E-state index < -0.39 is 0 Å². The van der Waals surface area contributed by atoms with Crippen LogP contribution >= 0.6 is 0 Å². The van der Waals surface area contributed by atoms with Crippen molar-refractivity contribution in [3.63, 3.8) is 0 Å². The van der Waals surface area contributed by atoms with Crippen molar-refractivity contribution in [3.8, 4) is 0 Å². The lowest BCUT2D eigenvalue weighted by Gasteiger charge is -2.22. The van der Waals surface area contributed by atoms with E-state index in [-0.39, 0.29) is 11.9 Å². The molecular weight excluding hydrogens is 328 g/mol. The third-order valence-corrected chi connectivity index (χ3v) is 4.48. The summed E-state index contributed by atoms with van der Waals surface area (Å²) >= 11 is 0. The van der Waals surface area contributed by atoms with Crippen LogP contribution < -0.4 is 16.0 Å². The average molecular weight is 352 g/mol. The van der Waals surface area contributed by atoms with Gasteiger partial charge in [0, 0.05) is 44.0 Å². The van der Waals surface area contributed by atoms with Gasteiger partial charge in [-0.05, 0) is 36.2 Å². The van der Waals surface area contributed by atoms with E-state index in [1.54, 1.807) is 21.9 Å². The molecule has 1 fully saturated rings. The molecule has 0 aromatic heterocycles. The third-order valence-electron chi connectivity index (χ3n) is 4.48. The van der Waals surface area contributed by atoms with E-state index in [2.05, 4.69) is 17.4 Å². The molecule has 0 bridgehead atoms. The molecule has 6 nitrogen and oxygen atoms in total. The van der Waals surface area contributed by atoms with Crippen LogP contribution in [-0.4, -0.2) is 49.6 Å². The van der Waals surface area contributed by atoms with Gasteiger partial charge in [0.25, 0.3) is 5.91 Å². The van der Waals surface area contributed by atoms with Crippen LogP contribution in [0.5, 0.6) is 0 Å². The maximum atomic E-state index is 12.8. The van der Waals surface area contributed by atoms with Gasteiger partial charge in [-0.25, -0.2) is 4.79 Å². The minimum atomic E-state index is -0.100. The fraction of sp³-hybridized carbons (Fsp3) is 0.300. The first-order valence-corrected chi connectivity index (χ1v) is 8.88. The number of carbonyl (C=O) groups excluding carboxylic acids is 2. The molecule has 0 atom stereocenters. The summed E-state index contributed by atoms with van der Waals surface area (Å²) in [4.78, 5) is 28.0. The summed E-state index contributed by atoms with van der Waals surface area (Å²) in [5.41, 5.74) is 8.29. The predicted molar refractivity (Wildman–Crippen MR) is 102 cm³/mol. The van der Waals surface area contributed by atoms with E-state index in [0.717, 1.165) is 12.1 Å². The van der Waals surface area contributed by atoms with E-state index in [4.69, 9.17) is 5.73 Å². The number of urea groups is 1. The molecule has 3 N–H and O–H groups in total. The Morgan fingerprint density at radius 3 is 2.42 bits per heavy atom. The number of carbonyl (C=O) groups is 2. The zero-order valence-corrected chi connectivity index (χ0v) is 14.7. The number of nitrogens with two attached hydrogens (primary N) is 1. The van der Waals surface area contributed by atoms with Gasteiger partial charge in [0.2, 0.25) is 0 Å². The summed E-state index contributed by atoms with van der Waals surface area (Å²) < 4.78 is 0. The summed E-state index contributed by atoms with van der Waals surface area (Å²) in [5.74, 6) is -0.0381. The normalized spacial score (nSPS) is 13.6. The second-order valence-electron chi connectivity index (χ2n) is 6.25. The van der Waals surface area contributed by atoms with Crippen LogP contribution in [0.25, 0.3) is 0 Å². The van der Waals surface area contributed by atoms with Crippen molar-refractivity contribution < 1.29 is 9.59 Å². The highest BCUT2D eigenvalue weighted by atomic mass is 16.2. The Balaban J connectivity index is 1.67. The topological polar surface area (TPSA) is 78.7 Å². The maximum absolute atomic E-state index is 12.8. The minimum absolute atomic E-state index is 0.0381. The fourth-order valence-electron chi connectivity index (χ4n) is 3.06. The van der Waals surface area contributed by atoms with Crippen LogP contribution in [0.1, 0.15) is 15.9 Å². The second-order valence-corrected chi connectivity index (χ2v) is 6.25. The summed E-state index contributed by atoms with van der Waals surface area (Å²) in [6.07, 6.45) is 0.790. The van der Waals surface area contributed by atoms with Crippen LogP contribution in [0.15, 0.2) is 54.6 Å². The third kappa shape index (κ3) is 4.21. The molecule has 0 saturated carbocycles. The van der Waals surface area contributed by atoms with Crippen LogP contribution in [0.2, 0.25) is 0 Å². The van der Waals surface area contributed by atoms with Gasteiger partial charge in [-0.2, -0.15) is 0 Å². The monoisotopic (exact) mass is 352 g/mol.